The van der Waals surface area contributed by atoms with Gasteiger partial charge in [-0.3, -0.25) is 0 Å². The topological polar surface area (TPSA) is 77.2 Å². The number of halogens is 1. The lowest BCUT2D eigenvalue weighted by molar-refractivity contribution is 0.169. The molecule has 1 aliphatic heterocycles. The largest absolute Gasteiger partial charge is 0.489 e. The zero-order valence-electron chi connectivity index (χ0n) is 14.3. The molecule has 1 fully saturated rings. The summed E-state index contributed by atoms with van der Waals surface area (Å²) >= 11 is 3.53. The second kappa shape index (κ2) is 7.41. The minimum absolute atomic E-state index is 0.207. The maximum Gasteiger partial charge on any atom is 0.268 e. The highest BCUT2D eigenvalue weighted by molar-refractivity contribution is 9.10. The smallest absolute Gasteiger partial charge is 0.268 e. The number of aryl methyl sites for hydroxylation is 1. The van der Waals surface area contributed by atoms with Crippen molar-refractivity contribution in [3.05, 3.63) is 46.8 Å². The van der Waals surface area contributed by atoms with Gasteiger partial charge in [0.1, 0.15) is 17.5 Å². The SMILES string of the molecule is Cc1nnc(-c2ccc(N3CCC(Oc4ccccc4Br)CC3)nn2)o1. The third-order valence-corrected chi connectivity index (χ3v) is 4.95. The highest BCUT2D eigenvalue weighted by Crippen LogP contribution is 2.28. The first-order chi connectivity index (χ1) is 12.7. The Morgan fingerprint density at radius 2 is 1.85 bits per heavy atom. The molecule has 0 aliphatic carbocycles. The molecule has 1 aliphatic rings. The predicted molar refractivity (Wildman–Crippen MR) is 100 cm³/mol. The van der Waals surface area contributed by atoms with E-state index in [1.165, 1.54) is 0 Å². The number of benzene rings is 1. The van der Waals surface area contributed by atoms with E-state index in [2.05, 4.69) is 41.2 Å². The van der Waals surface area contributed by atoms with Gasteiger partial charge in [0.25, 0.3) is 5.89 Å². The molecule has 0 radical (unpaired) electrons. The Hall–Kier alpha value is -2.48. The van der Waals surface area contributed by atoms with Gasteiger partial charge >= 0.3 is 0 Å². The van der Waals surface area contributed by atoms with Crippen LogP contribution in [0.2, 0.25) is 0 Å². The van der Waals surface area contributed by atoms with Crippen molar-refractivity contribution in [1.82, 2.24) is 20.4 Å². The van der Waals surface area contributed by atoms with Crippen molar-refractivity contribution in [2.45, 2.75) is 25.9 Å². The van der Waals surface area contributed by atoms with Crippen molar-refractivity contribution in [2.75, 3.05) is 18.0 Å². The van der Waals surface area contributed by atoms with Crippen LogP contribution in [0.4, 0.5) is 5.82 Å². The molecule has 0 atom stereocenters. The number of anilines is 1. The zero-order valence-corrected chi connectivity index (χ0v) is 15.9. The molecule has 0 unspecified atom stereocenters. The molecule has 1 aromatic carbocycles. The molecular weight excluding hydrogens is 398 g/mol. The van der Waals surface area contributed by atoms with E-state index in [9.17, 15) is 0 Å². The molecule has 0 amide bonds. The fraction of sp³-hybridized carbons (Fsp3) is 0.333. The van der Waals surface area contributed by atoms with E-state index < -0.39 is 0 Å². The van der Waals surface area contributed by atoms with Gasteiger partial charge in [-0.2, -0.15) is 0 Å². The van der Waals surface area contributed by atoms with Crippen LogP contribution < -0.4 is 9.64 Å². The second-order valence-corrected chi connectivity index (χ2v) is 6.99. The van der Waals surface area contributed by atoms with Crippen molar-refractivity contribution in [3.8, 4) is 17.3 Å². The minimum atomic E-state index is 0.207. The Labute approximate surface area is 159 Å². The van der Waals surface area contributed by atoms with E-state index >= 15 is 0 Å². The number of rotatable bonds is 4. The molecular formula is C18H18BrN5O2. The van der Waals surface area contributed by atoms with Crippen LogP contribution in [0.1, 0.15) is 18.7 Å². The Morgan fingerprint density at radius 3 is 2.50 bits per heavy atom. The third-order valence-electron chi connectivity index (χ3n) is 4.29. The third kappa shape index (κ3) is 3.70. The lowest BCUT2D eigenvalue weighted by Crippen LogP contribution is -2.38. The van der Waals surface area contributed by atoms with Crippen LogP contribution in [0.15, 0.2) is 45.3 Å². The second-order valence-electron chi connectivity index (χ2n) is 6.14. The molecule has 1 saturated heterocycles. The van der Waals surface area contributed by atoms with Crippen LogP contribution in [0, 0.1) is 6.92 Å². The summed E-state index contributed by atoms with van der Waals surface area (Å²) in [5, 5.41) is 16.3. The summed E-state index contributed by atoms with van der Waals surface area (Å²) in [6.45, 7) is 3.50. The summed E-state index contributed by atoms with van der Waals surface area (Å²) in [6.07, 6.45) is 2.08. The van der Waals surface area contributed by atoms with E-state index in [0.29, 0.717) is 17.5 Å². The van der Waals surface area contributed by atoms with Crippen molar-refractivity contribution in [3.63, 3.8) is 0 Å². The summed E-state index contributed by atoms with van der Waals surface area (Å²) in [4.78, 5) is 2.22. The summed E-state index contributed by atoms with van der Waals surface area (Å²) in [7, 11) is 0. The van der Waals surface area contributed by atoms with Crippen LogP contribution in [0.25, 0.3) is 11.6 Å². The fourth-order valence-electron chi connectivity index (χ4n) is 2.93. The first-order valence-corrected chi connectivity index (χ1v) is 9.29. The minimum Gasteiger partial charge on any atom is -0.489 e. The normalized spacial score (nSPS) is 15.2. The maximum absolute atomic E-state index is 6.11. The van der Waals surface area contributed by atoms with Crippen LogP contribution in [0.5, 0.6) is 5.75 Å². The number of hydrogen-bond donors (Lipinski definition) is 0. The first kappa shape index (κ1) is 17.0. The molecule has 2 aromatic heterocycles. The van der Waals surface area contributed by atoms with E-state index in [-0.39, 0.29) is 6.10 Å². The predicted octanol–water partition coefficient (Wildman–Crippen LogP) is 3.65. The summed E-state index contributed by atoms with van der Waals surface area (Å²) in [6, 6.07) is 11.7. The molecule has 4 rings (SSSR count). The highest BCUT2D eigenvalue weighted by atomic mass is 79.9. The molecule has 134 valence electrons. The van der Waals surface area contributed by atoms with Gasteiger partial charge in [-0.1, -0.05) is 12.1 Å². The molecule has 8 heteroatoms. The monoisotopic (exact) mass is 415 g/mol. The van der Waals surface area contributed by atoms with Crippen LogP contribution in [-0.2, 0) is 0 Å². The quantitative estimate of drug-likeness (QED) is 0.643. The van der Waals surface area contributed by atoms with Crippen molar-refractivity contribution in [1.29, 1.82) is 0 Å². The number of para-hydroxylation sites is 1. The number of aromatic nitrogens is 4. The molecule has 0 bridgehead atoms. The average molecular weight is 416 g/mol. The van der Waals surface area contributed by atoms with E-state index in [0.717, 1.165) is 42.0 Å². The summed E-state index contributed by atoms with van der Waals surface area (Å²) in [5.74, 6) is 2.65. The van der Waals surface area contributed by atoms with Gasteiger partial charge in [0, 0.05) is 32.9 Å². The van der Waals surface area contributed by atoms with Crippen LogP contribution in [0.3, 0.4) is 0 Å². The Morgan fingerprint density at radius 1 is 1.04 bits per heavy atom. The lowest BCUT2D eigenvalue weighted by atomic mass is 10.1. The zero-order chi connectivity index (χ0) is 17.9. The fourth-order valence-corrected chi connectivity index (χ4v) is 3.31. The Kier molecular flexibility index (Phi) is 4.83. The number of hydrogen-bond acceptors (Lipinski definition) is 7. The van der Waals surface area contributed by atoms with Crippen molar-refractivity contribution in [2.24, 2.45) is 0 Å². The van der Waals surface area contributed by atoms with E-state index in [1.807, 2.05) is 36.4 Å². The molecule has 26 heavy (non-hydrogen) atoms. The summed E-state index contributed by atoms with van der Waals surface area (Å²) < 4.78 is 12.5. The van der Waals surface area contributed by atoms with Crippen LogP contribution >= 0.6 is 15.9 Å². The molecule has 0 saturated carbocycles. The molecule has 3 heterocycles. The standard InChI is InChI=1S/C18H18BrN5O2/c1-12-20-23-18(25-12)15-6-7-17(22-21-15)24-10-8-13(9-11-24)26-16-5-3-2-4-14(16)19/h2-7,13H,8-11H2,1H3. The Balaban J connectivity index is 1.36. The molecule has 0 spiro atoms. The number of ether oxygens (including phenoxy) is 1. The lowest BCUT2D eigenvalue weighted by Gasteiger charge is -2.32. The number of nitrogens with zero attached hydrogens (tertiary/aromatic N) is 5. The van der Waals surface area contributed by atoms with Gasteiger partial charge in [-0.25, -0.2) is 0 Å². The van der Waals surface area contributed by atoms with Gasteiger partial charge in [0.05, 0.1) is 4.47 Å². The molecule has 0 N–H and O–H groups in total. The van der Waals surface area contributed by atoms with Crippen molar-refractivity contribution >= 4 is 21.7 Å². The number of piperidine rings is 1. The first-order valence-electron chi connectivity index (χ1n) is 8.49. The van der Waals surface area contributed by atoms with Gasteiger partial charge in [-0.05, 0) is 40.2 Å². The van der Waals surface area contributed by atoms with E-state index in [1.54, 1.807) is 6.92 Å². The Bertz CT molecular complexity index is 875. The van der Waals surface area contributed by atoms with Gasteiger partial charge in [-0.15, -0.1) is 20.4 Å². The van der Waals surface area contributed by atoms with Crippen LogP contribution in [-0.4, -0.2) is 39.6 Å². The van der Waals surface area contributed by atoms with Gasteiger partial charge in [0.15, 0.2) is 5.82 Å². The summed E-state index contributed by atoms with van der Waals surface area (Å²) in [5.41, 5.74) is 0.585. The van der Waals surface area contributed by atoms with Gasteiger partial charge in [0.2, 0.25) is 5.89 Å². The average Bonchev–Trinajstić information content (AvgIpc) is 3.11. The molecule has 7 nitrogen and oxygen atoms in total. The van der Waals surface area contributed by atoms with Crippen molar-refractivity contribution < 1.29 is 9.15 Å². The van der Waals surface area contributed by atoms with Gasteiger partial charge < -0.3 is 14.1 Å². The highest BCUT2D eigenvalue weighted by Gasteiger charge is 2.22. The maximum atomic E-state index is 6.11. The van der Waals surface area contributed by atoms with E-state index in [4.69, 9.17) is 9.15 Å². The molecule has 3 aromatic rings.